The summed E-state index contributed by atoms with van der Waals surface area (Å²) in [6, 6.07) is 37.3. The van der Waals surface area contributed by atoms with Crippen molar-refractivity contribution >= 4 is 5.69 Å². The molecule has 2 heterocycles. The Morgan fingerprint density at radius 3 is 1.86 bits per heavy atom. The molecule has 44 heavy (non-hydrogen) atoms. The molecule has 232 valence electrons. The van der Waals surface area contributed by atoms with Crippen LogP contribution in [0.2, 0.25) is 0 Å². The first-order valence-corrected chi connectivity index (χ1v) is 16.2. The molecule has 4 N–H and O–H groups in total. The molecule has 6 nitrogen and oxygen atoms in total. The largest absolute Gasteiger partial charge is 0.457 e. The second-order valence-corrected chi connectivity index (χ2v) is 11.7. The molecule has 0 spiro atoms. The van der Waals surface area contributed by atoms with Crippen molar-refractivity contribution in [3.05, 3.63) is 115 Å². The Balaban J connectivity index is 0.000000175. The lowest BCUT2D eigenvalue weighted by Gasteiger charge is -2.35. The van der Waals surface area contributed by atoms with Crippen LogP contribution in [0.4, 0.5) is 5.69 Å². The van der Waals surface area contributed by atoms with Crippen LogP contribution in [0.5, 0.6) is 23.0 Å². The van der Waals surface area contributed by atoms with Gasteiger partial charge in [-0.25, -0.2) is 0 Å². The Morgan fingerprint density at radius 2 is 1.30 bits per heavy atom. The van der Waals surface area contributed by atoms with E-state index in [0.717, 1.165) is 67.6 Å². The van der Waals surface area contributed by atoms with E-state index in [0.29, 0.717) is 12.1 Å². The summed E-state index contributed by atoms with van der Waals surface area (Å²) in [5, 5.41) is 7.12. The van der Waals surface area contributed by atoms with Gasteiger partial charge in [0.25, 0.3) is 0 Å². The first-order valence-electron chi connectivity index (χ1n) is 16.2. The lowest BCUT2D eigenvalue weighted by atomic mass is 9.80. The zero-order chi connectivity index (χ0) is 30.6. The van der Waals surface area contributed by atoms with E-state index in [1.54, 1.807) is 0 Å². The van der Waals surface area contributed by atoms with Crippen molar-refractivity contribution in [1.29, 1.82) is 0 Å². The first-order chi connectivity index (χ1) is 21.6. The number of para-hydroxylation sites is 2. The summed E-state index contributed by atoms with van der Waals surface area (Å²) in [7, 11) is 0. The van der Waals surface area contributed by atoms with Crippen LogP contribution >= 0.6 is 0 Å². The van der Waals surface area contributed by atoms with Gasteiger partial charge in [0.1, 0.15) is 23.0 Å². The third-order valence-electron chi connectivity index (χ3n) is 8.76. The van der Waals surface area contributed by atoms with Crippen molar-refractivity contribution in [2.75, 3.05) is 31.1 Å². The molecule has 6 rings (SSSR count). The number of nitrogens with zero attached hydrogens (tertiary/aromatic N) is 1. The summed E-state index contributed by atoms with van der Waals surface area (Å²) >= 11 is 0. The van der Waals surface area contributed by atoms with Gasteiger partial charge >= 0.3 is 0 Å². The predicted molar refractivity (Wildman–Crippen MR) is 182 cm³/mol. The minimum Gasteiger partial charge on any atom is -0.457 e. The van der Waals surface area contributed by atoms with Crippen molar-refractivity contribution < 1.29 is 9.47 Å². The maximum absolute atomic E-state index is 6.77. The van der Waals surface area contributed by atoms with E-state index in [1.165, 1.54) is 24.9 Å². The van der Waals surface area contributed by atoms with Crippen molar-refractivity contribution in [3.63, 3.8) is 0 Å². The maximum Gasteiger partial charge on any atom is 0.129 e. The molecule has 1 unspecified atom stereocenters. The Hall–Kier alpha value is -3.84. The van der Waals surface area contributed by atoms with Gasteiger partial charge in [-0.2, -0.15) is 0 Å². The minimum absolute atomic E-state index is 0.337. The lowest BCUT2D eigenvalue weighted by molar-refractivity contribution is 0.314. The van der Waals surface area contributed by atoms with E-state index in [2.05, 4.69) is 59.7 Å². The fourth-order valence-electron chi connectivity index (χ4n) is 6.21. The summed E-state index contributed by atoms with van der Waals surface area (Å²) in [4.78, 5) is 2.42. The van der Waals surface area contributed by atoms with Gasteiger partial charge in [0.2, 0.25) is 0 Å². The molecule has 2 aliphatic rings. The second-order valence-electron chi connectivity index (χ2n) is 11.7. The maximum atomic E-state index is 6.77. The van der Waals surface area contributed by atoms with E-state index in [1.807, 2.05) is 78.9 Å². The quantitative estimate of drug-likeness (QED) is 0.165. The van der Waals surface area contributed by atoms with E-state index >= 15 is 0 Å². The highest BCUT2D eigenvalue weighted by molar-refractivity contribution is 5.51. The number of nitrogens with one attached hydrogen (secondary N) is 2. The van der Waals surface area contributed by atoms with Gasteiger partial charge in [-0.05, 0) is 106 Å². The Bertz CT molecular complexity index is 1400. The predicted octanol–water partition coefficient (Wildman–Crippen LogP) is 7.85. The summed E-state index contributed by atoms with van der Waals surface area (Å²) in [6.07, 6.45) is 5.80. The zero-order valence-corrected chi connectivity index (χ0v) is 26.3. The SMILES string of the molecule is CCC(N)(c1cccc(Oc2ccccc2)c1)[C@H]1CCCN1.CCN(C[C@@H]1CCCN1)c1cccc(Oc2ccccc2)c1. The van der Waals surface area contributed by atoms with E-state index < -0.39 is 0 Å². The monoisotopic (exact) mass is 592 g/mol. The highest BCUT2D eigenvalue weighted by Crippen LogP contribution is 2.33. The van der Waals surface area contributed by atoms with Crippen LogP contribution in [-0.2, 0) is 5.54 Å². The van der Waals surface area contributed by atoms with Crippen molar-refractivity contribution in [2.45, 2.75) is 63.6 Å². The summed E-state index contributed by atoms with van der Waals surface area (Å²) in [5.74, 6) is 3.45. The standard InChI is InChI=1S/2C19H24N2O/c1-2-21(15-16-8-7-13-20-16)17-9-6-12-19(14-17)22-18-10-4-3-5-11-18;1-2-19(20,18-12-7-13-21-18)15-8-6-11-17(14-15)22-16-9-4-3-5-10-16/h3-6,9-12,14,16,20H,2,7-8,13,15H2,1H3;3-6,8-11,14,18,21H,2,7,12-13,20H2,1H3/t16-;18-,19?/m01/s1. The molecule has 0 saturated carbocycles. The number of rotatable bonds is 11. The topological polar surface area (TPSA) is 71.8 Å². The smallest absolute Gasteiger partial charge is 0.129 e. The van der Waals surface area contributed by atoms with Crippen molar-refractivity contribution in [3.8, 4) is 23.0 Å². The van der Waals surface area contributed by atoms with Gasteiger partial charge in [0.15, 0.2) is 0 Å². The molecule has 4 aromatic carbocycles. The van der Waals surface area contributed by atoms with Crippen molar-refractivity contribution in [2.24, 2.45) is 5.73 Å². The Morgan fingerprint density at radius 1 is 0.705 bits per heavy atom. The van der Waals surface area contributed by atoms with Gasteiger partial charge in [-0.3, -0.25) is 0 Å². The number of likely N-dealkylation sites (N-methyl/N-ethyl adjacent to an activating group) is 1. The van der Waals surface area contributed by atoms with Crippen LogP contribution in [-0.4, -0.2) is 38.3 Å². The first kappa shape index (κ1) is 31.6. The Kier molecular flexibility index (Phi) is 11.3. The van der Waals surface area contributed by atoms with Crippen LogP contribution in [0.3, 0.4) is 0 Å². The Labute approximate surface area is 263 Å². The van der Waals surface area contributed by atoms with Crippen LogP contribution < -0.4 is 30.7 Å². The third-order valence-corrected chi connectivity index (χ3v) is 8.76. The van der Waals surface area contributed by atoms with Gasteiger partial charge in [-0.15, -0.1) is 0 Å². The minimum atomic E-state index is -0.341. The number of ether oxygens (including phenoxy) is 2. The van der Waals surface area contributed by atoms with Gasteiger partial charge < -0.3 is 30.7 Å². The molecule has 0 aliphatic carbocycles. The van der Waals surface area contributed by atoms with Gasteiger partial charge in [-0.1, -0.05) is 61.5 Å². The number of hydrogen-bond donors (Lipinski definition) is 3. The molecule has 0 aromatic heterocycles. The molecule has 3 atom stereocenters. The molecule has 6 heteroatoms. The molecular weight excluding hydrogens is 544 g/mol. The molecule has 4 aromatic rings. The van der Waals surface area contributed by atoms with Gasteiger partial charge in [0, 0.05) is 36.9 Å². The zero-order valence-electron chi connectivity index (χ0n) is 26.3. The van der Waals surface area contributed by atoms with Crippen LogP contribution in [0.25, 0.3) is 0 Å². The lowest BCUT2D eigenvalue weighted by Crippen LogP contribution is -2.51. The average molecular weight is 593 g/mol. The van der Waals surface area contributed by atoms with Crippen molar-refractivity contribution in [1.82, 2.24) is 10.6 Å². The molecule has 0 amide bonds. The van der Waals surface area contributed by atoms with E-state index in [4.69, 9.17) is 15.2 Å². The van der Waals surface area contributed by atoms with Crippen LogP contribution in [0.15, 0.2) is 109 Å². The number of hydrogen-bond acceptors (Lipinski definition) is 6. The van der Waals surface area contributed by atoms with Gasteiger partial charge in [0.05, 0.1) is 5.54 Å². The third kappa shape index (κ3) is 8.41. The van der Waals surface area contributed by atoms with Crippen LogP contribution in [0, 0.1) is 0 Å². The summed E-state index contributed by atoms with van der Waals surface area (Å²) in [6.45, 7) is 8.64. The number of anilines is 1. The van der Waals surface area contributed by atoms with E-state index in [9.17, 15) is 0 Å². The molecule has 0 radical (unpaired) electrons. The molecule has 2 saturated heterocycles. The highest BCUT2D eigenvalue weighted by atomic mass is 16.5. The fourth-order valence-corrected chi connectivity index (χ4v) is 6.21. The number of nitrogens with two attached hydrogens (primary N) is 1. The summed E-state index contributed by atoms with van der Waals surface area (Å²) in [5.41, 5.74) is 8.80. The normalized spacial score (nSPS) is 19.0. The highest BCUT2D eigenvalue weighted by Gasteiger charge is 2.36. The van der Waals surface area contributed by atoms with Crippen LogP contribution in [0.1, 0.15) is 51.5 Å². The summed E-state index contributed by atoms with van der Waals surface area (Å²) < 4.78 is 11.9. The molecular formula is C38H48N4O2. The molecule has 2 fully saturated rings. The number of benzene rings is 4. The molecule has 0 bridgehead atoms. The average Bonchev–Trinajstić information content (AvgIpc) is 3.81. The second kappa shape index (κ2) is 15.8. The fraction of sp³-hybridized carbons (Fsp3) is 0.368. The molecule has 2 aliphatic heterocycles. The van der Waals surface area contributed by atoms with E-state index in [-0.39, 0.29) is 5.54 Å².